The average molecular weight is 594 g/mol. The Morgan fingerprint density at radius 1 is 0.921 bits per heavy atom. The molecular formula is C32H37BrN2O2S. The summed E-state index contributed by atoms with van der Waals surface area (Å²) in [7, 11) is 0. The van der Waals surface area contributed by atoms with Crippen LogP contribution in [-0.2, 0) is 28.3 Å². The molecule has 0 radical (unpaired) electrons. The molecule has 1 saturated carbocycles. The molecule has 0 saturated heterocycles. The predicted octanol–water partition coefficient (Wildman–Crippen LogP) is 7.08. The minimum absolute atomic E-state index is 0.00616. The molecule has 38 heavy (non-hydrogen) atoms. The van der Waals surface area contributed by atoms with Crippen LogP contribution < -0.4 is 5.32 Å². The molecule has 200 valence electrons. The van der Waals surface area contributed by atoms with Crippen molar-refractivity contribution in [2.45, 2.75) is 69.8 Å². The van der Waals surface area contributed by atoms with Gasteiger partial charge >= 0.3 is 0 Å². The van der Waals surface area contributed by atoms with Crippen molar-refractivity contribution < 1.29 is 9.59 Å². The van der Waals surface area contributed by atoms with E-state index in [0.717, 1.165) is 52.6 Å². The minimum Gasteiger partial charge on any atom is -0.352 e. The summed E-state index contributed by atoms with van der Waals surface area (Å²) in [5, 5.41) is 3.31. The Hall–Kier alpha value is -2.57. The maximum Gasteiger partial charge on any atom is 0.243 e. The molecule has 0 unspecified atom stereocenters. The van der Waals surface area contributed by atoms with Gasteiger partial charge in [-0.15, -0.1) is 11.8 Å². The molecule has 1 aliphatic carbocycles. The zero-order chi connectivity index (χ0) is 26.7. The molecule has 1 atom stereocenters. The second-order valence-electron chi connectivity index (χ2n) is 10.2. The first-order chi connectivity index (χ1) is 18.5. The third-order valence-electron chi connectivity index (χ3n) is 7.07. The quantitative estimate of drug-likeness (QED) is 0.259. The number of nitrogens with one attached hydrogen (secondary N) is 1. The third kappa shape index (κ3) is 8.74. The van der Waals surface area contributed by atoms with Gasteiger partial charge in [-0.05, 0) is 48.6 Å². The van der Waals surface area contributed by atoms with E-state index in [-0.39, 0.29) is 17.9 Å². The first-order valence-corrected chi connectivity index (χ1v) is 15.4. The number of carbonyl (C=O) groups is 2. The first kappa shape index (κ1) is 28.4. The van der Waals surface area contributed by atoms with E-state index in [1.165, 1.54) is 12.0 Å². The molecule has 0 spiro atoms. The SMILES string of the molecule is Cc1cccc(CN(C(=O)CSCc2ccc(Br)cc2)[C@H](Cc2ccccc2)C(=O)NC2CCCCC2)c1. The summed E-state index contributed by atoms with van der Waals surface area (Å²) in [5.74, 6) is 1.02. The van der Waals surface area contributed by atoms with Gasteiger partial charge in [0.2, 0.25) is 11.8 Å². The second-order valence-corrected chi connectivity index (χ2v) is 12.1. The Balaban J connectivity index is 1.56. The fraction of sp³-hybridized carbons (Fsp3) is 0.375. The summed E-state index contributed by atoms with van der Waals surface area (Å²) >= 11 is 5.07. The monoisotopic (exact) mass is 592 g/mol. The van der Waals surface area contributed by atoms with E-state index in [0.29, 0.717) is 18.7 Å². The van der Waals surface area contributed by atoms with Crippen LogP contribution in [0.5, 0.6) is 0 Å². The molecular weight excluding hydrogens is 556 g/mol. The summed E-state index contributed by atoms with van der Waals surface area (Å²) in [4.78, 5) is 29.5. The number of halogens is 1. The highest BCUT2D eigenvalue weighted by molar-refractivity contribution is 9.10. The van der Waals surface area contributed by atoms with Crippen molar-refractivity contribution in [2.75, 3.05) is 5.75 Å². The maximum atomic E-state index is 13.8. The van der Waals surface area contributed by atoms with Crippen LogP contribution in [0.15, 0.2) is 83.3 Å². The number of hydrogen-bond donors (Lipinski definition) is 1. The van der Waals surface area contributed by atoms with E-state index in [1.54, 1.807) is 11.8 Å². The molecule has 0 aromatic heterocycles. The number of amides is 2. The third-order valence-corrected chi connectivity index (χ3v) is 8.58. The lowest BCUT2D eigenvalue weighted by Crippen LogP contribution is -2.53. The summed E-state index contributed by atoms with van der Waals surface area (Å²) in [6.07, 6.45) is 6.04. The van der Waals surface area contributed by atoms with Gasteiger partial charge in [-0.3, -0.25) is 9.59 Å². The van der Waals surface area contributed by atoms with E-state index in [1.807, 2.05) is 59.5 Å². The highest BCUT2D eigenvalue weighted by atomic mass is 79.9. The molecule has 0 bridgehead atoms. The van der Waals surface area contributed by atoms with Crippen LogP contribution in [-0.4, -0.2) is 34.6 Å². The van der Waals surface area contributed by atoms with Crippen LogP contribution in [0.3, 0.4) is 0 Å². The number of nitrogens with zero attached hydrogens (tertiary/aromatic N) is 1. The Morgan fingerprint density at radius 2 is 1.63 bits per heavy atom. The van der Waals surface area contributed by atoms with Crippen molar-refractivity contribution in [1.82, 2.24) is 10.2 Å². The fourth-order valence-corrected chi connectivity index (χ4v) is 6.16. The van der Waals surface area contributed by atoms with Crippen molar-refractivity contribution in [2.24, 2.45) is 0 Å². The minimum atomic E-state index is -0.569. The molecule has 6 heteroatoms. The largest absolute Gasteiger partial charge is 0.352 e. The lowest BCUT2D eigenvalue weighted by molar-refractivity contribution is -0.139. The average Bonchev–Trinajstić information content (AvgIpc) is 2.93. The first-order valence-electron chi connectivity index (χ1n) is 13.5. The molecule has 0 heterocycles. The number of carbonyl (C=O) groups excluding carboxylic acids is 2. The van der Waals surface area contributed by atoms with Crippen LogP contribution in [0.2, 0.25) is 0 Å². The van der Waals surface area contributed by atoms with Crippen LogP contribution in [0.1, 0.15) is 54.4 Å². The van der Waals surface area contributed by atoms with Crippen LogP contribution in [0, 0.1) is 6.92 Å². The van der Waals surface area contributed by atoms with Gasteiger partial charge in [0.05, 0.1) is 5.75 Å². The Kier molecular flexibility index (Phi) is 10.9. The van der Waals surface area contributed by atoms with E-state index in [9.17, 15) is 9.59 Å². The number of benzene rings is 3. The second kappa shape index (κ2) is 14.5. The molecule has 3 aromatic rings. The Labute approximate surface area is 239 Å². The van der Waals surface area contributed by atoms with Crippen molar-refractivity contribution in [3.8, 4) is 0 Å². The zero-order valence-corrected chi connectivity index (χ0v) is 24.5. The van der Waals surface area contributed by atoms with Crippen molar-refractivity contribution in [3.05, 3.63) is 106 Å². The lowest BCUT2D eigenvalue weighted by atomic mass is 9.94. The smallest absolute Gasteiger partial charge is 0.243 e. The summed E-state index contributed by atoms with van der Waals surface area (Å²) < 4.78 is 1.04. The molecule has 1 aliphatic rings. The molecule has 2 amide bonds. The van der Waals surface area contributed by atoms with E-state index in [4.69, 9.17) is 0 Å². The van der Waals surface area contributed by atoms with Crippen LogP contribution in [0.25, 0.3) is 0 Å². The number of rotatable bonds is 11. The summed E-state index contributed by atoms with van der Waals surface area (Å²) in [5.41, 5.74) is 4.42. The lowest BCUT2D eigenvalue weighted by Gasteiger charge is -2.33. The highest BCUT2D eigenvalue weighted by Crippen LogP contribution is 2.22. The van der Waals surface area contributed by atoms with Crippen LogP contribution in [0.4, 0.5) is 0 Å². The Bertz CT molecular complexity index is 1180. The normalized spacial score (nSPS) is 14.6. The van der Waals surface area contributed by atoms with Gasteiger partial charge in [0.25, 0.3) is 0 Å². The van der Waals surface area contributed by atoms with E-state index >= 15 is 0 Å². The van der Waals surface area contributed by atoms with Gasteiger partial charge in [0.1, 0.15) is 6.04 Å². The van der Waals surface area contributed by atoms with Gasteiger partial charge in [-0.2, -0.15) is 0 Å². The molecule has 1 N–H and O–H groups in total. The molecule has 4 rings (SSSR count). The summed E-state index contributed by atoms with van der Waals surface area (Å²) in [6, 6.07) is 26.1. The molecule has 1 fully saturated rings. The Morgan fingerprint density at radius 3 is 2.34 bits per heavy atom. The number of thioether (sulfide) groups is 1. The zero-order valence-electron chi connectivity index (χ0n) is 22.1. The van der Waals surface area contributed by atoms with Gasteiger partial charge in [0.15, 0.2) is 0 Å². The highest BCUT2D eigenvalue weighted by Gasteiger charge is 2.31. The van der Waals surface area contributed by atoms with Crippen molar-refractivity contribution >= 4 is 39.5 Å². The predicted molar refractivity (Wildman–Crippen MR) is 161 cm³/mol. The van der Waals surface area contributed by atoms with Crippen molar-refractivity contribution in [1.29, 1.82) is 0 Å². The molecule has 0 aliphatic heterocycles. The maximum absolute atomic E-state index is 13.8. The molecule has 4 nitrogen and oxygen atoms in total. The fourth-order valence-electron chi connectivity index (χ4n) is 5.03. The van der Waals surface area contributed by atoms with Gasteiger partial charge < -0.3 is 10.2 Å². The van der Waals surface area contributed by atoms with Crippen molar-refractivity contribution in [3.63, 3.8) is 0 Å². The van der Waals surface area contributed by atoms with Gasteiger partial charge in [-0.25, -0.2) is 0 Å². The molecule has 3 aromatic carbocycles. The van der Waals surface area contributed by atoms with E-state index < -0.39 is 6.04 Å². The van der Waals surface area contributed by atoms with Crippen LogP contribution >= 0.6 is 27.7 Å². The topological polar surface area (TPSA) is 49.4 Å². The number of hydrogen-bond acceptors (Lipinski definition) is 3. The van der Waals surface area contributed by atoms with Gasteiger partial charge in [-0.1, -0.05) is 107 Å². The standard InChI is InChI=1S/C32H37BrN2O2S/c1-24-9-8-12-27(19-24)21-35(31(36)23-38-22-26-15-17-28(33)18-16-26)30(20-25-10-4-2-5-11-25)32(37)34-29-13-6-3-7-14-29/h2,4-5,8-12,15-19,29-30H,3,6-7,13-14,20-23H2,1H3,(H,34,37)/t30-/m1/s1. The van der Waals surface area contributed by atoms with E-state index in [2.05, 4.69) is 52.4 Å². The number of aryl methyl sites for hydroxylation is 1. The summed E-state index contributed by atoms with van der Waals surface area (Å²) in [6.45, 7) is 2.47. The van der Waals surface area contributed by atoms with Gasteiger partial charge in [0, 0.05) is 29.2 Å².